The first-order valence-electron chi connectivity index (χ1n) is 8.67. The number of hydrogen-bond acceptors (Lipinski definition) is 0. The first-order chi connectivity index (χ1) is 12.6. The molecule has 0 radical (unpaired) electrons. The summed E-state index contributed by atoms with van der Waals surface area (Å²) < 4.78 is 0.576. The van der Waals surface area contributed by atoms with Crippen LogP contribution in [0.2, 0.25) is 0 Å². The molecule has 0 heterocycles. The van der Waals surface area contributed by atoms with Gasteiger partial charge in [-0.3, -0.25) is 0 Å². The van der Waals surface area contributed by atoms with Gasteiger partial charge in [-0.1, -0.05) is 38.0 Å². The molecule has 1 nitrogen and oxygen atoms in total. The van der Waals surface area contributed by atoms with E-state index in [1.54, 1.807) is 0 Å². The second kappa shape index (κ2) is 7.38. The summed E-state index contributed by atoms with van der Waals surface area (Å²) in [6.45, 7) is 11.6. The average Bonchev–Trinajstić information content (AvgIpc) is 2.73. The lowest BCUT2D eigenvalue weighted by atomic mass is 10.1. The van der Waals surface area contributed by atoms with Crippen molar-refractivity contribution in [1.29, 1.82) is 0 Å². The van der Waals surface area contributed by atoms with E-state index in [1.807, 2.05) is 18.2 Å². The Balaban J connectivity index is 2.19. The summed E-state index contributed by atoms with van der Waals surface area (Å²) in [4.78, 5) is 0. The van der Waals surface area contributed by atoms with Gasteiger partial charge in [-0.15, -0.1) is 0 Å². The van der Waals surface area contributed by atoms with Crippen LogP contribution in [0.5, 0.6) is 0 Å². The minimum Gasteiger partial charge on any atom is -0.229 e. The predicted octanol–water partition coefficient (Wildman–Crippen LogP) is 7.22. The SMILES string of the molecule is C=Cc1ccc([N+](C)(c2ccc(C=C)cc2)c2ccc(C=C)cc2)cc1. The van der Waals surface area contributed by atoms with Gasteiger partial charge < -0.3 is 0 Å². The zero-order valence-corrected chi connectivity index (χ0v) is 15.2. The average molecular weight is 338 g/mol. The molecule has 0 spiro atoms. The summed E-state index contributed by atoms with van der Waals surface area (Å²) in [5.41, 5.74) is 6.91. The van der Waals surface area contributed by atoms with Crippen molar-refractivity contribution in [2.75, 3.05) is 7.05 Å². The highest BCUT2D eigenvalue weighted by molar-refractivity contribution is 5.72. The maximum Gasteiger partial charge on any atom is 0.142 e. The van der Waals surface area contributed by atoms with E-state index in [1.165, 1.54) is 17.1 Å². The van der Waals surface area contributed by atoms with Crippen LogP contribution in [0.3, 0.4) is 0 Å². The van der Waals surface area contributed by atoms with Crippen LogP contribution in [0.25, 0.3) is 18.2 Å². The van der Waals surface area contributed by atoms with Gasteiger partial charge in [0.2, 0.25) is 0 Å². The molecular weight excluding hydrogens is 314 g/mol. The molecule has 0 aliphatic heterocycles. The molecule has 1 heteroatoms. The van der Waals surface area contributed by atoms with Gasteiger partial charge in [-0.05, 0) is 53.1 Å². The summed E-state index contributed by atoms with van der Waals surface area (Å²) in [7, 11) is 2.22. The molecule has 0 aliphatic rings. The fourth-order valence-corrected chi connectivity index (χ4v) is 3.17. The Morgan fingerprint density at radius 3 is 0.923 bits per heavy atom. The van der Waals surface area contributed by atoms with Crippen molar-refractivity contribution in [2.45, 2.75) is 0 Å². The molecule has 26 heavy (non-hydrogen) atoms. The molecular formula is C25H24N+. The van der Waals surface area contributed by atoms with Gasteiger partial charge in [-0.25, -0.2) is 4.48 Å². The molecule has 0 bridgehead atoms. The van der Waals surface area contributed by atoms with Crippen molar-refractivity contribution in [3.05, 3.63) is 109 Å². The van der Waals surface area contributed by atoms with Crippen LogP contribution in [0, 0.1) is 0 Å². The topological polar surface area (TPSA) is 0 Å². The van der Waals surface area contributed by atoms with Crippen LogP contribution >= 0.6 is 0 Å². The summed E-state index contributed by atoms with van der Waals surface area (Å²) in [5, 5.41) is 0. The monoisotopic (exact) mass is 338 g/mol. The van der Waals surface area contributed by atoms with Crippen molar-refractivity contribution in [3.8, 4) is 0 Å². The van der Waals surface area contributed by atoms with Gasteiger partial charge >= 0.3 is 0 Å². The summed E-state index contributed by atoms with van der Waals surface area (Å²) in [6.07, 6.45) is 5.60. The third-order valence-electron chi connectivity index (χ3n) is 4.94. The maximum atomic E-state index is 3.85. The molecule has 0 unspecified atom stereocenters. The standard InChI is InChI=1S/C25H24N/c1-5-20-8-14-23(15-9-20)26(4,24-16-10-21(6-2)11-17-24)25-18-12-22(7-3)13-19-25/h5-19H,1-3H2,4H3/q+1. The third kappa shape index (κ3) is 3.17. The Bertz CT molecular complexity index is 788. The largest absolute Gasteiger partial charge is 0.229 e. The zero-order chi connectivity index (χ0) is 18.6. The third-order valence-corrected chi connectivity index (χ3v) is 4.94. The summed E-state index contributed by atoms with van der Waals surface area (Å²) in [5.74, 6) is 0. The van der Waals surface area contributed by atoms with Gasteiger partial charge in [0, 0.05) is 36.4 Å². The number of hydrogen-bond donors (Lipinski definition) is 0. The number of quaternary nitrogens is 1. The van der Waals surface area contributed by atoms with Crippen LogP contribution in [0.15, 0.2) is 92.5 Å². The van der Waals surface area contributed by atoms with E-state index in [0.29, 0.717) is 4.48 Å². The molecule has 0 atom stereocenters. The minimum absolute atomic E-state index is 0.576. The second-order valence-corrected chi connectivity index (χ2v) is 6.39. The Morgan fingerprint density at radius 2 is 0.731 bits per heavy atom. The first kappa shape index (κ1) is 17.7. The van der Waals surface area contributed by atoms with E-state index in [0.717, 1.165) is 16.7 Å². The highest BCUT2D eigenvalue weighted by atomic mass is 15.3. The number of benzene rings is 3. The lowest BCUT2D eigenvalue weighted by Crippen LogP contribution is -2.33. The Labute approximate surface area is 156 Å². The lowest BCUT2D eigenvalue weighted by Gasteiger charge is -2.33. The second-order valence-electron chi connectivity index (χ2n) is 6.39. The van der Waals surface area contributed by atoms with Crippen molar-refractivity contribution in [3.63, 3.8) is 0 Å². The van der Waals surface area contributed by atoms with Crippen LogP contribution in [0.4, 0.5) is 17.1 Å². The van der Waals surface area contributed by atoms with Gasteiger partial charge in [0.25, 0.3) is 0 Å². The van der Waals surface area contributed by atoms with Gasteiger partial charge in [0.15, 0.2) is 0 Å². The number of nitrogens with zero attached hydrogens (tertiary/aromatic N) is 1. The van der Waals surface area contributed by atoms with E-state index in [9.17, 15) is 0 Å². The fraction of sp³-hybridized carbons (Fsp3) is 0.0400. The first-order valence-corrected chi connectivity index (χ1v) is 8.67. The van der Waals surface area contributed by atoms with Crippen LogP contribution in [0.1, 0.15) is 16.7 Å². The quantitative estimate of drug-likeness (QED) is 0.416. The molecule has 3 aromatic carbocycles. The van der Waals surface area contributed by atoms with Crippen molar-refractivity contribution >= 4 is 35.3 Å². The molecule has 3 aromatic rings. The van der Waals surface area contributed by atoms with Crippen molar-refractivity contribution in [1.82, 2.24) is 4.48 Å². The van der Waals surface area contributed by atoms with Crippen molar-refractivity contribution in [2.24, 2.45) is 0 Å². The molecule has 0 fully saturated rings. The molecule has 3 rings (SSSR count). The van der Waals surface area contributed by atoms with E-state index in [4.69, 9.17) is 0 Å². The molecule has 0 aromatic heterocycles. The van der Waals surface area contributed by atoms with Gasteiger partial charge in [-0.2, -0.15) is 0 Å². The highest BCUT2D eigenvalue weighted by Crippen LogP contribution is 2.42. The normalized spacial score (nSPS) is 11.0. The fourth-order valence-electron chi connectivity index (χ4n) is 3.17. The Hall–Kier alpha value is -3.16. The molecule has 0 aliphatic carbocycles. The molecule has 0 N–H and O–H groups in total. The molecule has 128 valence electrons. The predicted molar refractivity (Wildman–Crippen MR) is 117 cm³/mol. The van der Waals surface area contributed by atoms with Crippen LogP contribution < -0.4 is 4.48 Å². The highest BCUT2D eigenvalue weighted by Gasteiger charge is 2.31. The summed E-state index contributed by atoms with van der Waals surface area (Å²) >= 11 is 0. The van der Waals surface area contributed by atoms with Crippen LogP contribution in [-0.2, 0) is 0 Å². The van der Waals surface area contributed by atoms with E-state index in [2.05, 4.69) is 99.6 Å². The van der Waals surface area contributed by atoms with E-state index in [-0.39, 0.29) is 0 Å². The Kier molecular flexibility index (Phi) is 5.01. The van der Waals surface area contributed by atoms with Crippen molar-refractivity contribution < 1.29 is 0 Å². The van der Waals surface area contributed by atoms with Gasteiger partial charge in [0.05, 0.1) is 7.05 Å². The minimum atomic E-state index is 0.576. The Morgan fingerprint density at radius 1 is 0.500 bits per heavy atom. The maximum absolute atomic E-state index is 3.85. The van der Waals surface area contributed by atoms with E-state index < -0.39 is 0 Å². The zero-order valence-electron chi connectivity index (χ0n) is 15.2. The lowest BCUT2D eigenvalue weighted by molar-refractivity contribution is 0.627. The smallest absolute Gasteiger partial charge is 0.142 e. The molecule has 0 saturated heterocycles. The summed E-state index contributed by atoms with van der Waals surface area (Å²) in [6, 6.07) is 25.6. The molecule has 0 saturated carbocycles. The van der Waals surface area contributed by atoms with Gasteiger partial charge in [0.1, 0.15) is 17.1 Å². The van der Waals surface area contributed by atoms with Crippen LogP contribution in [-0.4, -0.2) is 7.05 Å². The number of rotatable bonds is 6. The molecule has 0 amide bonds. The van der Waals surface area contributed by atoms with E-state index >= 15 is 0 Å².